The fourth-order valence-electron chi connectivity index (χ4n) is 4.00. The molecule has 0 aliphatic carbocycles. The van der Waals surface area contributed by atoms with Crippen molar-refractivity contribution in [3.8, 4) is 35.3 Å². The van der Waals surface area contributed by atoms with E-state index in [1.54, 1.807) is 57.5 Å². The molecular formula is C30H31NO2S7. The van der Waals surface area contributed by atoms with Crippen LogP contribution in [0.5, 0.6) is 0 Å². The Bertz CT molecular complexity index is 1490. The Morgan fingerprint density at radius 3 is 2.33 bits per heavy atom. The summed E-state index contributed by atoms with van der Waals surface area (Å²) in [6.45, 7) is 8.61. The van der Waals surface area contributed by atoms with Crippen molar-refractivity contribution < 1.29 is 9.53 Å². The van der Waals surface area contributed by atoms with Crippen molar-refractivity contribution in [3.63, 3.8) is 0 Å². The Labute approximate surface area is 267 Å². The molecule has 0 spiro atoms. The smallest absolute Gasteiger partial charge is 0.323 e. The molecule has 4 aromatic heterocycles. The third-order valence-corrected chi connectivity index (χ3v) is 13.9. The minimum atomic E-state index is -0.792. The van der Waals surface area contributed by atoms with Crippen LogP contribution in [0, 0.1) is 31.1 Å². The number of carbonyl (C=O) groups is 1. The van der Waals surface area contributed by atoms with Gasteiger partial charge in [-0.15, -0.1) is 68.9 Å². The molecule has 0 fully saturated rings. The van der Waals surface area contributed by atoms with Crippen molar-refractivity contribution in [2.75, 3.05) is 5.75 Å². The van der Waals surface area contributed by atoms with E-state index in [9.17, 15) is 10.1 Å². The second-order valence-corrected chi connectivity index (χ2v) is 17.3. The van der Waals surface area contributed by atoms with Crippen molar-refractivity contribution >= 4 is 90.6 Å². The first-order valence-electron chi connectivity index (χ1n) is 13.0. The van der Waals surface area contributed by atoms with E-state index < -0.39 is 11.9 Å². The van der Waals surface area contributed by atoms with Gasteiger partial charge in [0.2, 0.25) is 0 Å². The summed E-state index contributed by atoms with van der Waals surface area (Å²) < 4.78 is 6.48. The summed E-state index contributed by atoms with van der Waals surface area (Å²) in [6.07, 6.45) is 2.71. The third kappa shape index (κ3) is 8.31. The molecule has 0 radical (unpaired) electrons. The molecule has 0 saturated carbocycles. The molecule has 10 heteroatoms. The van der Waals surface area contributed by atoms with Gasteiger partial charge in [-0.3, -0.25) is 4.79 Å². The van der Waals surface area contributed by atoms with Crippen molar-refractivity contribution in [1.29, 1.82) is 5.26 Å². The lowest BCUT2D eigenvalue weighted by Crippen LogP contribution is -2.19. The molecule has 3 nitrogen and oxygen atoms in total. The highest BCUT2D eigenvalue weighted by Gasteiger charge is 2.24. The summed E-state index contributed by atoms with van der Waals surface area (Å²) in [4.78, 5) is 21.3. The van der Waals surface area contributed by atoms with Crippen LogP contribution in [0.3, 0.4) is 0 Å². The lowest BCUT2D eigenvalue weighted by atomic mass is 10.1. The van der Waals surface area contributed by atoms with E-state index in [-0.39, 0.29) is 11.9 Å². The number of rotatable bonds is 12. The minimum Gasteiger partial charge on any atom is -0.459 e. The van der Waals surface area contributed by atoms with Crippen molar-refractivity contribution in [3.05, 3.63) is 57.8 Å². The van der Waals surface area contributed by atoms with Gasteiger partial charge in [0.25, 0.3) is 0 Å². The maximum absolute atomic E-state index is 12.7. The van der Waals surface area contributed by atoms with Gasteiger partial charge < -0.3 is 4.74 Å². The molecule has 40 heavy (non-hydrogen) atoms. The number of aryl methyl sites for hydroxylation is 2. The van der Waals surface area contributed by atoms with Crippen LogP contribution in [-0.2, 0) is 16.1 Å². The predicted molar refractivity (Wildman–Crippen MR) is 184 cm³/mol. The van der Waals surface area contributed by atoms with E-state index in [2.05, 4.69) is 68.6 Å². The van der Waals surface area contributed by atoms with Crippen molar-refractivity contribution in [1.82, 2.24) is 0 Å². The van der Waals surface area contributed by atoms with Gasteiger partial charge >= 0.3 is 5.97 Å². The van der Waals surface area contributed by atoms with Crippen LogP contribution in [0.15, 0.2) is 41.8 Å². The molecule has 0 aliphatic rings. The molecule has 0 saturated heterocycles. The van der Waals surface area contributed by atoms with Gasteiger partial charge in [0, 0.05) is 39.4 Å². The highest BCUT2D eigenvalue weighted by atomic mass is 32.2. The summed E-state index contributed by atoms with van der Waals surface area (Å²) in [6, 6.07) is 15.2. The molecule has 210 valence electrons. The normalized spacial score (nSPS) is 12.7. The average molecular weight is 662 g/mol. The Morgan fingerprint density at radius 2 is 1.70 bits per heavy atom. The van der Waals surface area contributed by atoms with Crippen LogP contribution in [-0.4, -0.2) is 20.5 Å². The maximum atomic E-state index is 12.7. The fourth-order valence-corrected chi connectivity index (χ4v) is 11.5. The van der Waals surface area contributed by atoms with Gasteiger partial charge in [0.15, 0.2) is 0 Å². The number of carbonyl (C=O) groups excluding carboxylic acids is 1. The van der Waals surface area contributed by atoms with E-state index in [0.29, 0.717) is 6.42 Å². The van der Waals surface area contributed by atoms with E-state index in [1.807, 2.05) is 18.3 Å². The molecule has 0 amide bonds. The maximum Gasteiger partial charge on any atom is 0.323 e. The SMILES string of the molecule is CCCCSC(=S)SC(C)CC(C#N)C(=O)OCc1cc(C)c(-c2ccc(-c3ccc(-c4sccc4C)s3)s2)s1. The summed E-state index contributed by atoms with van der Waals surface area (Å²) in [5, 5.41) is 11.8. The van der Waals surface area contributed by atoms with Gasteiger partial charge in [0.1, 0.15) is 16.1 Å². The zero-order chi connectivity index (χ0) is 28.6. The first-order chi connectivity index (χ1) is 19.3. The zero-order valence-electron chi connectivity index (χ0n) is 22.9. The van der Waals surface area contributed by atoms with Gasteiger partial charge in [-0.2, -0.15) is 5.26 Å². The van der Waals surface area contributed by atoms with Gasteiger partial charge in [-0.25, -0.2) is 0 Å². The van der Waals surface area contributed by atoms with Crippen LogP contribution >= 0.6 is 81.1 Å². The number of esters is 1. The van der Waals surface area contributed by atoms with Gasteiger partial charge in [0.05, 0.1) is 6.07 Å². The highest BCUT2D eigenvalue weighted by Crippen LogP contribution is 2.44. The number of ether oxygens (including phenoxy) is 1. The Hall–Kier alpha value is -1.45. The Kier molecular flexibility index (Phi) is 11.9. The molecule has 0 aromatic carbocycles. The Morgan fingerprint density at radius 1 is 1.02 bits per heavy atom. The van der Waals surface area contributed by atoms with Crippen LogP contribution in [0.4, 0.5) is 0 Å². The molecular weight excluding hydrogens is 631 g/mol. The second-order valence-electron chi connectivity index (χ2n) is 9.39. The molecule has 4 aromatic rings. The fraction of sp³-hybridized carbons (Fsp3) is 0.367. The summed E-state index contributed by atoms with van der Waals surface area (Å²) in [7, 11) is 0. The van der Waals surface area contributed by atoms with E-state index in [1.165, 1.54) is 40.4 Å². The van der Waals surface area contributed by atoms with E-state index in [0.717, 1.165) is 27.0 Å². The third-order valence-electron chi connectivity index (χ3n) is 6.11. The van der Waals surface area contributed by atoms with Crippen LogP contribution in [0.1, 0.15) is 49.1 Å². The quantitative estimate of drug-likeness (QED) is 0.0855. The number of hydrogen-bond donors (Lipinski definition) is 0. The molecule has 0 aliphatic heterocycles. The van der Waals surface area contributed by atoms with E-state index in [4.69, 9.17) is 17.0 Å². The molecule has 2 unspecified atom stereocenters. The van der Waals surface area contributed by atoms with Crippen LogP contribution in [0.25, 0.3) is 29.3 Å². The van der Waals surface area contributed by atoms with E-state index >= 15 is 0 Å². The van der Waals surface area contributed by atoms with Crippen molar-refractivity contribution in [2.45, 2.75) is 58.8 Å². The van der Waals surface area contributed by atoms with Crippen LogP contribution < -0.4 is 0 Å². The second kappa shape index (κ2) is 15.1. The summed E-state index contributed by atoms with van der Waals surface area (Å²) >= 11 is 15.8. The molecule has 0 bridgehead atoms. The number of thiophene rings is 4. The lowest BCUT2D eigenvalue weighted by Gasteiger charge is -2.14. The number of nitrogens with zero attached hydrogens (tertiary/aromatic N) is 1. The monoisotopic (exact) mass is 661 g/mol. The number of hydrogen-bond acceptors (Lipinski definition) is 10. The molecule has 2 atom stereocenters. The highest BCUT2D eigenvalue weighted by molar-refractivity contribution is 8.47. The lowest BCUT2D eigenvalue weighted by molar-refractivity contribution is -0.147. The summed E-state index contributed by atoms with van der Waals surface area (Å²) in [5.41, 5.74) is 2.49. The molecule has 0 N–H and O–H groups in total. The predicted octanol–water partition coefficient (Wildman–Crippen LogP) is 11.1. The summed E-state index contributed by atoms with van der Waals surface area (Å²) in [5.74, 6) is -0.238. The number of thiocarbonyl (C=S) groups is 1. The molecule has 4 heterocycles. The number of thioether (sulfide) groups is 2. The largest absolute Gasteiger partial charge is 0.459 e. The zero-order valence-corrected chi connectivity index (χ0v) is 28.6. The topological polar surface area (TPSA) is 50.1 Å². The minimum absolute atomic E-state index is 0.0798. The Balaban J connectivity index is 1.33. The van der Waals surface area contributed by atoms with Gasteiger partial charge in [-0.05, 0) is 85.3 Å². The molecule has 4 rings (SSSR count). The standard InChI is InChI=1S/C30H31NO2S7/c1-5-6-12-36-30(34)37-20(4)15-21(16-31)29(32)33-17-22-14-19(3)28(38-22)26-10-8-24(40-26)23-7-9-25(39-23)27-18(2)11-13-35-27/h7-11,13-14,20-21H,5-6,12,15,17H2,1-4H3. The van der Waals surface area contributed by atoms with Crippen LogP contribution in [0.2, 0.25) is 0 Å². The first kappa shape index (κ1) is 31.5. The number of unbranched alkanes of at least 4 members (excludes halogenated alkanes) is 1. The number of nitriles is 1. The van der Waals surface area contributed by atoms with Crippen molar-refractivity contribution in [2.24, 2.45) is 5.92 Å². The first-order valence-corrected chi connectivity index (χ1v) is 18.6. The average Bonchev–Trinajstić information content (AvgIpc) is 3.72. The van der Waals surface area contributed by atoms with Gasteiger partial charge in [-0.1, -0.05) is 32.5 Å².